The van der Waals surface area contributed by atoms with Crippen molar-refractivity contribution in [3.05, 3.63) is 28.7 Å². The van der Waals surface area contributed by atoms with Gasteiger partial charge in [0.25, 0.3) is 0 Å². The molecule has 1 atom stereocenters. The zero-order valence-electron chi connectivity index (χ0n) is 10.2. The van der Waals surface area contributed by atoms with Crippen LogP contribution in [0.15, 0.2) is 28.7 Å². The van der Waals surface area contributed by atoms with E-state index in [9.17, 15) is 5.26 Å². The Kier molecular flexibility index (Phi) is 3.04. The lowest BCUT2D eigenvalue weighted by Gasteiger charge is -2.24. The van der Waals surface area contributed by atoms with Crippen molar-refractivity contribution in [3.63, 3.8) is 0 Å². The van der Waals surface area contributed by atoms with Gasteiger partial charge >= 0.3 is 0 Å². The van der Waals surface area contributed by atoms with Crippen LogP contribution in [-0.4, -0.2) is 29.6 Å². The van der Waals surface area contributed by atoms with E-state index in [0.717, 1.165) is 35.7 Å². The third-order valence-corrected chi connectivity index (χ3v) is 4.28. The summed E-state index contributed by atoms with van der Waals surface area (Å²) in [6.45, 7) is 1.89. The Labute approximate surface area is 116 Å². The maximum absolute atomic E-state index is 9.52. The number of hydrogen-bond acceptors (Lipinski definition) is 3. The molecule has 4 heteroatoms. The van der Waals surface area contributed by atoms with E-state index in [-0.39, 0.29) is 0 Å². The van der Waals surface area contributed by atoms with E-state index in [2.05, 4.69) is 32.2 Å². The van der Waals surface area contributed by atoms with Gasteiger partial charge in [-0.25, -0.2) is 0 Å². The lowest BCUT2D eigenvalue weighted by molar-refractivity contribution is 0.319. The third kappa shape index (κ3) is 2.38. The second-order valence-corrected chi connectivity index (χ2v) is 6.20. The molecule has 0 radical (unpaired) electrons. The molecule has 1 saturated carbocycles. The van der Waals surface area contributed by atoms with Gasteiger partial charge in [-0.15, -0.1) is 0 Å². The van der Waals surface area contributed by atoms with E-state index < -0.39 is 5.54 Å². The van der Waals surface area contributed by atoms with E-state index >= 15 is 0 Å². The van der Waals surface area contributed by atoms with Gasteiger partial charge < -0.3 is 5.32 Å². The first-order valence-corrected chi connectivity index (χ1v) is 7.19. The predicted octanol–water partition coefficient (Wildman–Crippen LogP) is 2.99. The summed E-state index contributed by atoms with van der Waals surface area (Å²) in [4.78, 5) is 2.45. The molecule has 3 nitrogen and oxygen atoms in total. The van der Waals surface area contributed by atoms with Crippen LogP contribution in [0.5, 0.6) is 0 Å². The minimum absolute atomic E-state index is 0.413. The highest BCUT2D eigenvalue weighted by Crippen LogP contribution is 2.35. The minimum Gasteiger partial charge on any atom is -0.366 e. The van der Waals surface area contributed by atoms with E-state index in [1.807, 2.05) is 24.3 Å². The van der Waals surface area contributed by atoms with Gasteiger partial charge in [0.05, 0.1) is 6.07 Å². The molecule has 2 fully saturated rings. The van der Waals surface area contributed by atoms with Gasteiger partial charge in [-0.3, -0.25) is 4.90 Å². The van der Waals surface area contributed by atoms with Crippen molar-refractivity contribution in [2.75, 3.05) is 18.4 Å². The summed E-state index contributed by atoms with van der Waals surface area (Å²) < 4.78 is 1.04. The molecule has 0 spiro atoms. The molecule has 1 N–H and O–H groups in total. The van der Waals surface area contributed by atoms with Crippen molar-refractivity contribution < 1.29 is 0 Å². The number of likely N-dealkylation sites (tertiary alicyclic amines) is 1. The van der Waals surface area contributed by atoms with Gasteiger partial charge in [-0.1, -0.05) is 22.0 Å². The number of benzene rings is 1. The van der Waals surface area contributed by atoms with E-state index in [1.165, 1.54) is 12.8 Å². The number of halogens is 1. The monoisotopic (exact) mass is 305 g/mol. The van der Waals surface area contributed by atoms with E-state index in [1.54, 1.807) is 0 Å². The summed E-state index contributed by atoms with van der Waals surface area (Å²) in [5, 5.41) is 12.9. The Morgan fingerprint density at radius 3 is 2.94 bits per heavy atom. The van der Waals surface area contributed by atoms with Gasteiger partial charge in [0.2, 0.25) is 0 Å². The van der Waals surface area contributed by atoms with Crippen molar-refractivity contribution in [1.82, 2.24) is 4.90 Å². The van der Waals surface area contributed by atoms with Crippen LogP contribution in [0.2, 0.25) is 0 Å². The number of hydrogen-bond donors (Lipinski definition) is 1. The highest BCUT2D eigenvalue weighted by Gasteiger charge is 2.43. The fraction of sp³-hybridized carbons (Fsp3) is 0.500. The van der Waals surface area contributed by atoms with Gasteiger partial charge in [-0.2, -0.15) is 5.26 Å². The first-order chi connectivity index (χ1) is 8.71. The second-order valence-electron chi connectivity index (χ2n) is 5.28. The van der Waals surface area contributed by atoms with Crippen molar-refractivity contribution >= 4 is 21.6 Å². The lowest BCUT2D eigenvalue weighted by atomic mass is 10.0. The van der Waals surface area contributed by atoms with Crippen molar-refractivity contribution in [2.24, 2.45) is 0 Å². The summed E-state index contributed by atoms with van der Waals surface area (Å²) in [6, 6.07) is 11.3. The van der Waals surface area contributed by atoms with Crippen LogP contribution in [0.4, 0.5) is 5.69 Å². The fourth-order valence-corrected chi connectivity index (χ4v) is 3.05. The summed E-state index contributed by atoms with van der Waals surface area (Å²) >= 11 is 3.46. The van der Waals surface area contributed by atoms with Crippen molar-refractivity contribution in [1.29, 1.82) is 5.26 Å². The van der Waals surface area contributed by atoms with Crippen LogP contribution in [-0.2, 0) is 0 Å². The number of rotatable bonds is 3. The SMILES string of the molecule is N#CC1(Nc2cccc(Br)c2)CCN(C2CC2)C1. The van der Waals surface area contributed by atoms with E-state index in [0.29, 0.717) is 0 Å². The van der Waals surface area contributed by atoms with Crippen molar-refractivity contribution in [3.8, 4) is 6.07 Å². The molecule has 1 unspecified atom stereocenters. The van der Waals surface area contributed by atoms with E-state index in [4.69, 9.17) is 0 Å². The average Bonchev–Trinajstić information content (AvgIpc) is 3.12. The summed E-state index contributed by atoms with van der Waals surface area (Å²) in [6.07, 6.45) is 3.52. The number of nitrogens with one attached hydrogen (secondary N) is 1. The summed E-state index contributed by atoms with van der Waals surface area (Å²) in [5.74, 6) is 0. The topological polar surface area (TPSA) is 39.1 Å². The number of nitriles is 1. The standard InChI is InChI=1S/C14H16BrN3/c15-11-2-1-3-12(8-11)17-14(9-16)6-7-18(10-14)13-4-5-13/h1-3,8,13,17H,4-7,10H2. The molecule has 1 saturated heterocycles. The molecule has 2 aliphatic rings. The largest absolute Gasteiger partial charge is 0.366 e. The Morgan fingerprint density at radius 2 is 2.28 bits per heavy atom. The molecule has 1 aromatic rings. The Bertz CT molecular complexity index is 492. The van der Waals surface area contributed by atoms with Crippen LogP contribution in [0, 0.1) is 11.3 Å². The normalized spacial score (nSPS) is 28.0. The van der Waals surface area contributed by atoms with Crippen LogP contribution in [0.3, 0.4) is 0 Å². The average molecular weight is 306 g/mol. The first-order valence-electron chi connectivity index (χ1n) is 6.40. The smallest absolute Gasteiger partial charge is 0.139 e. The zero-order valence-corrected chi connectivity index (χ0v) is 11.8. The molecule has 1 aromatic carbocycles. The molecule has 18 heavy (non-hydrogen) atoms. The number of nitrogens with zero attached hydrogens (tertiary/aromatic N) is 2. The Hall–Kier alpha value is -1.05. The molecular formula is C14H16BrN3. The summed E-state index contributed by atoms with van der Waals surface area (Å²) in [7, 11) is 0. The first kappa shape index (κ1) is 12.0. The minimum atomic E-state index is -0.413. The molecule has 1 heterocycles. The van der Waals surface area contributed by atoms with Gasteiger partial charge in [0.15, 0.2) is 0 Å². The molecule has 3 rings (SSSR count). The molecule has 0 amide bonds. The molecule has 1 aliphatic carbocycles. The van der Waals surface area contributed by atoms with Gasteiger partial charge in [0, 0.05) is 29.3 Å². The predicted molar refractivity (Wildman–Crippen MR) is 75.3 cm³/mol. The molecule has 1 aliphatic heterocycles. The molecular weight excluding hydrogens is 290 g/mol. The van der Waals surface area contributed by atoms with Gasteiger partial charge in [0.1, 0.15) is 5.54 Å². The maximum Gasteiger partial charge on any atom is 0.139 e. The van der Waals surface area contributed by atoms with Crippen LogP contribution in [0.25, 0.3) is 0 Å². The Balaban J connectivity index is 1.75. The second kappa shape index (κ2) is 4.56. The Morgan fingerprint density at radius 1 is 1.44 bits per heavy atom. The van der Waals surface area contributed by atoms with Crippen molar-refractivity contribution in [2.45, 2.75) is 30.8 Å². The highest BCUT2D eigenvalue weighted by atomic mass is 79.9. The van der Waals surface area contributed by atoms with Gasteiger partial charge in [-0.05, 0) is 37.5 Å². The lowest BCUT2D eigenvalue weighted by Crippen LogP contribution is -2.40. The highest BCUT2D eigenvalue weighted by molar-refractivity contribution is 9.10. The number of anilines is 1. The zero-order chi connectivity index (χ0) is 12.6. The quantitative estimate of drug-likeness (QED) is 0.933. The maximum atomic E-state index is 9.52. The fourth-order valence-electron chi connectivity index (χ4n) is 2.65. The van der Waals surface area contributed by atoms with Crippen LogP contribution >= 0.6 is 15.9 Å². The molecule has 0 bridgehead atoms. The van der Waals surface area contributed by atoms with Crippen LogP contribution < -0.4 is 5.32 Å². The molecule has 0 aromatic heterocycles. The third-order valence-electron chi connectivity index (χ3n) is 3.78. The van der Waals surface area contributed by atoms with Crippen LogP contribution in [0.1, 0.15) is 19.3 Å². The summed E-state index contributed by atoms with van der Waals surface area (Å²) in [5.41, 5.74) is 0.604. The molecule has 94 valence electrons.